The van der Waals surface area contributed by atoms with Gasteiger partial charge in [-0.3, -0.25) is 0 Å². The van der Waals surface area contributed by atoms with E-state index in [-0.39, 0.29) is 0 Å². The van der Waals surface area contributed by atoms with Crippen molar-refractivity contribution in [2.75, 3.05) is 0 Å². The Hall–Kier alpha value is -1.98. The Labute approximate surface area is 206 Å². The molecule has 3 aromatic heterocycles. The van der Waals surface area contributed by atoms with E-state index in [1.54, 1.807) is 22.7 Å². The molecule has 1 aromatic carbocycles. The van der Waals surface area contributed by atoms with Crippen LogP contribution in [0.2, 0.25) is 0 Å². The van der Waals surface area contributed by atoms with Gasteiger partial charge in [0, 0.05) is 20.9 Å². The minimum Gasteiger partial charge on any atom is -0.197 e. The first-order valence-electron chi connectivity index (χ1n) is 12.8. The molecule has 4 aromatic rings. The van der Waals surface area contributed by atoms with Crippen LogP contribution in [0.25, 0.3) is 31.9 Å². The molecule has 0 aliphatic rings. The molecule has 4 rings (SSSR count). The average Bonchev–Trinajstić information content (AvgIpc) is 3.62. The van der Waals surface area contributed by atoms with Crippen LogP contribution in [-0.4, -0.2) is 15.4 Å². The highest BCUT2D eigenvalue weighted by Gasteiger charge is 2.19. The van der Waals surface area contributed by atoms with Crippen LogP contribution in [0.5, 0.6) is 0 Å². The average molecular weight is 480 g/mol. The van der Waals surface area contributed by atoms with Gasteiger partial charge in [0.2, 0.25) is 0 Å². The number of hydrogen-bond acceptors (Lipinski definition) is 4. The Bertz CT molecular complexity index is 1060. The topological polar surface area (TPSA) is 41.6 Å². The molecule has 176 valence electrons. The van der Waals surface area contributed by atoms with Crippen molar-refractivity contribution in [3.8, 4) is 20.9 Å². The Balaban J connectivity index is 1.33. The number of aryl methyl sites for hydroxylation is 1. The van der Waals surface area contributed by atoms with Gasteiger partial charge in [-0.25, -0.2) is 0 Å². The van der Waals surface area contributed by atoms with E-state index in [0.29, 0.717) is 0 Å². The first-order valence-corrected chi connectivity index (χ1v) is 14.6. The number of aromatic amines is 1. The van der Waals surface area contributed by atoms with Crippen LogP contribution in [0.3, 0.4) is 0 Å². The number of rotatable bonds is 15. The summed E-state index contributed by atoms with van der Waals surface area (Å²) < 4.78 is 0. The minimum atomic E-state index is 0.985. The Morgan fingerprint density at radius 3 is 1.88 bits per heavy atom. The lowest BCUT2D eigenvalue weighted by molar-refractivity contribution is 0.544. The van der Waals surface area contributed by atoms with Crippen LogP contribution in [0.15, 0.2) is 41.1 Å². The fraction of sp³-hybridized carbons (Fsp3) is 0.500. The number of aromatic nitrogens is 3. The maximum Gasteiger partial charge on any atom is 0.122 e. The highest BCUT2D eigenvalue weighted by atomic mass is 32.1. The van der Waals surface area contributed by atoms with Crippen LogP contribution in [0.4, 0.5) is 0 Å². The summed E-state index contributed by atoms with van der Waals surface area (Å²) in [7, 11) is 0. The number of nitrogens with zero attached hydrogens (tertiary/aromatic N) is 2. The molecule has 0 aliphatic carbocycles. The molecule has 0 saturated heterocycles. The summed E-state index contributed by atoms with van der Waals surface area (Å²) in [6.07, 6.45) is 17.7. The molecule has 0 unspecified atom stereocenters. The normalized spacial score (nSPS) is 11.5. The lowest BCUT2D eigenvalue weighted by atomic mass is 9.95. The lowest BCUT2D eigenvalue weighted by Crippen LogP contribution is -1.94. The molecular weight excluding hydrogens is 442 g/mol. The van der Waals surface area contributed by atoms with Gasteiger partial charge < -0.3 is 0 Å². The van der Waals surface area contributed by atoms with Crippen molar-refractivity contribution in [1.82, 2.24) is 15.4 Å². The van der Waals surface area contributed by atoms with E-state index in [0.717, 1.165) is 17.5 Å². The summed E-state index contributed by atoms with van der Waals surface area (Å²) in [4.78, 5) is 2.56. The van der Waals surface area contributed by atoms with Crippen molar-refractivity contribution in [2.24, 2.45) is 0 Å². The van der Waals surface area contributed by atoms with Gasteiger partial charge in [-0.05, 0) is 47.4 Å². The van der Waals surface area contributed by atoms with Gasteiger partial charge in [-0.1, -0.05) is 89.7 Å². The van der Waals surface area contributed by atoms with Gasteiger partial charge in [-0.2, -0.15) is 15.4 Å². The number of unbranched alkanes of at least 4 members (excludes halogenated alkanes) is 11. The second kappa shape index (κ2) is 13.0. The van der Waals surface area contributed by atoms with Crippen molar-refractivity contribution in [3.05, 3.63) is 46.7 Å². The summed E-state index contributed by atoms with van der Waals surface area (Å²) in [6, 6.07) is 11.0. The molecule has 0 aliphatic heterocycles. The molecule has 0 saturated carbocycles. The van der Waals surface area contributed by atoms with Crippen LogP contribution >= 0.6 is 22.7 Å². The predicted octanol–water partition coefficient (Wildman–Crippen LogP) is 9.66. The molecule has 0 amide bonds. The van der Waals surface area contributed by atoms with E-state index < -0.39 is 0 Å². The second-order valence-electron chi connectivity index (χ2n) is 9.07. The number of benzene rings is 1. The quantitative estimate of drug-likeness (QED) is 0.172. The third-order valence-corrected chi connectivity index (χ3v) is 8.32. The number of H-pyrrole nitrogens is 1. The zero-order valence-electron chi connectivity index (χ0n) is 19.9. The van der Waals surface area contributed by atoms with Gasteiger partial charge in [0.05, 0.1) is 0 Å². The van der Waals surface area contributed by atoms with Gasteiger partial charge in [0.15, 0.2) is 0 Å². The Morgan fingerprint density at radius 1 is 0.697 bits per heavy atom. The van der Waals surface area contributed by atoms with Gasteiger partial charge in [0.1, 0.15) is 11.0 Å². The van der Waals surface area contributed by atoms with Crippen molar-refractivity contribution in [2.45, 2.75) is 90.4 Å². The molecule has 33 heavy (non-hydrogen) atoms. The third-order valence-electron chi connectivity index (χ3n) is 6.53. The summed E-state index contributed by atoms with van der Waals surface area (Å²) in [5, 5.41) is 16.3. The molecule has 3 heterocycles. The summed E-state index contributed by atoms with van der Waals surface area (Å²) in [6.45, 7) is 2.29. The molecule has 0 spiro atoms. The van der Waals surface area contributed by atoms with Crippen LogP contribution < -0.4 is 0 Å². The number of hydrogen-bond donors (Lipinski definition) is 1. The number of nitrogens with one attached hydrogen (secondary N) is 1. The van der Waals surface area contributed by atoms with Crippen LogP contribution in [0.1, 0.15) is 89.5 Å². The molecular formula is C28H37N3S2. The highest BCUT2D eigenvalue weighted by Crippen LogP contribution is 2.40. The molecule has 0 fully saturated rings. The second-order valence-corrected chi connectivity index (χ2v) is 11.0. The van der Waals surface area contributed by atoms with E-state index in [1.165, 1.54) is 103 Å². The number of fused-ring (bicyclic) bond motifs is 1. The van der Waals surface area contributed by atoms with Crippen LogP contribution in [-0.2, 0) is 6.42 Å². The Morgan fingerprint density at radius 2 is 1.27 bits per heavy atom. The fourth-order valence-corrected chi connectivity index (χ4v) is 6.28. The van der Waals surface area contributed by atoms with E-state index in [2.05, 4.69) is 63.4 Å². The minimum absolute atomic E-state index is 0.985. The SMILES string of the molecule is CCCCCCCCCCCCCCc1cc(-c2cccs2)c2n[nH]nc2c1-c1cccs1. The predicted molar refractivity (Wildman–Crippen MR) is 145 cm³/mol. The molecule has 0 radical (unpaired) electrons. The molecule has 0 atom stereocenters. The first kappa shape index (κ1) is 24.2. The third kappa shape index (κ3) is 6.54. The van der Waals surface area contributed by atoms with Gasteiger partial charge in [-0.15, -0.1) is 22.7 Å². The Kier molecular flexibility index (Phi) is 9.55. The van der Waals surface area contributed by atoms with E-state index in [9.17, 15) is 0 Å². The zero-order valence-corrected chi connectivity index (χ0v) is 21.6. The molecule has 5 heteroatoms. The van der Waals surface area contributed by atoms with Crippen molar-refractivity contribution >= 4 is 33.7 Å². The maximum atomic E-state index is 4.59. The summed E-state index contributed by atoms with van der Waals surface area (Å²) in [5.74, 6) is 0. The zero-order chi connectivity index (χ0) is 22.7. The monoisotopic (exact) mass is 479 g/mol. The fourth-order valence-electron chi connectivity index (χ4n) is 4.73. The van der Waals surface area contributed by atoms with E-state index >= 15 is 0 Å². The van der Waals surface area contributed by atoms with Crippen molar-refractivity contribution in [1.29, 1.82) is 0 Å². The lowest BCUT2D eigenvalue weighted by Gasteiger charge is -2.12. The first-order chi connectivity index (χ1) is 16.4. The summed E-state index contributed by atoms with van der Waals surface area (Å²) >= 11 is 3.57. The van der Waals surface area contributed by atoms with Crippen LogP contribution in [0, 0.1) is 0 Å². The van der Waals surface area contributed by atoms with Crippen molar-refractivity contribution in [3.63, 3.8) is 0 Å². The van der Waals surface area contributed by atoms with E-state index in [1.807, 2.05) is 0 Å². The smallest absolute Gasteiger partial charge is 0.122 e. The van der Waals surface area contributed by atoms with Crippen molar-refractivity contribution < 1.29 is 0 Å². The molecule has 3 nitrogen and oxygen atoms in total. The molecule has 0 bridgehead atoms. The standard InChI is InChI=1S/C28H37N3S2/c1-2-3-4-5-6-7-8-9-10-11-12-13-16-22-21-23(24-17-14-19-32-24)27-28(30-31-29-27)26(22)25-18-15-20-33-25/h14-15,17-21H,2-13,16H2,1H3,(H,29,30,31). The largest absolute Gasteiger partial charge is 0.197 e. The van der Waals surface area contributed by atoms with Gasteiger partial charge in [0.25, 0.3) is 0 Å². The van der Waals surface area contributed by atoms with Gasteiger partial charge >= 0.3 is 0 Å². The highest BCUT2D eigenvalue weighted by molar-refractivity contribution is 7.14. The maximum absolute atomic E-state index is 4.59. The number of thiophene rings is 2. The van der Waals surface area contributed by atoms with E-state index in [4.69, 9.17) is 0 Å². The molecule has 1 N–H and O–H groups in total. The summed E-state index contributed by atoms with van der Waals surface area (Å²) in [5.41, 5.74) is 5.89.